The lowest BCUT2D eigenvalue weighted by Gasteiger charge is -2.13. The smallest absolute Gasteiger partial charge is 0.143 e. The highest BCUT2D eigenvalue weighted by atomic mass is 35.5. The van der Waals surface area contributed by atoms with Gasteiger partial charge in [0.15, 0.2) is 0 Å². The quantitative estimate of drug-likeness (QED) is 0.785. The third-order valence-corrected chi connectivity index (χ3v) is 2.42. The van der Waals surface area contributed by atoms with Gasteiger partial charge in [0.2, 0.25) is 0 Å². The fourth-order valence-electron chi connectivity index (χ4n) is 1.19. The zero-order valence-electron chi connectivity index (χ0n) is 8.71. The third kappa shape index (κ3) is 3.11. The Morgan fingerprint density at radius 1 is 1.27 bits per heavy atom. The predicted molar refractivity (Wildman–Crippen MR) is 66.9 cm³/mol. The Hall–Kier alpha value is -0.740. The Balaban J connectivity index is 2.99. The highest BCUT2D eigenvalue weighted by molar-refractivity contribution is 7.80. The number of anilines is 1. The molecule has 0 radical (unpaired) electrons. The number of methoxy groups -OCH3 is 2. The van der Waals surface area contributed by atoms with Crippen LogP contribution in [0.5, 0.6) is 11.5 Å². The van der Waals surface area contributed by atoms with Crippen LogP contribution in [-0.2, 0) is 0 Å². The zero-order chi connectivity index (χ0) is 11.3. The summed E-state index contributed by atoms with van der Waals surface area (Å²) in [6.45, 7) is 0.754. The van der Waals surface area contributed by atoms with Crippen LogP contribution in [0, 0.1) is 0 Å². The van der Waals surface area contributed by atoms with E-state index in [1.807, 2.05) is 6.07 Å². The number of thiol groups is 1. The summed E-state index contributed by atoms with van der Waals surface area (Å²) < 4.78 is 10.3. The number of rotatable bonds is 5. The molecular formula is C10H14ClNO2S. The molecule has 3 nitrogen and oxygen atoms in total. The molecule has 84 valence electrons. The lowest BCUT2D eigenvalue weighted by molar-refractivity contribution is 0.405. The minimum Gasteiger partial charge on any atom is -0.495 e. The molecule has 0 amide bonds. The number of hydrogen-bond acceptors (Lipinski definition) is 4. The van der Waals surface area contributed by atoms with Crippen LogP contribution >= 0.6 is 24.2 Å². The van der Waals surface area contributed by atoms with Crippen molar-refractivity contribution in [3.05, 3.63) is 17.2 Å². The van der Waals surface area contributed by atoms with Crippen molar-refractivity contribution < 1.29 is 9.47 Å². The van der Waals surface area contributed by atoms with Gasteiger partial charge in [-0.15, -0.1) is 0 Å². The predicted octanol–water partition coefficient (Wildman–Crippen LogP) is 2.70. The highest BCUT2D eigenvalue weighted by Gasteiger charge is 2.08. The summed E-state index contributed by atoms with van der Waals surface area (Å²) in [5.41, 5.74) is 0.854. The van der Waals surface area contributed by atoms with Crippen LogP contribution in [0.3, 0.4) is 0 Å². The van der Waals surface area contributed by atoms with Crippen molar-refractivity contribution in [2.24, 2.45) is 0 Å². The average molecular weight is 248 g/mol. The van der Waals surface area contributed by atoms with E-state index >= 15 is 0 Å². The molecular weight excluding hydrogens is 234 g/mol. The second kappa shape index (κ2) is 5.98. The Bertz CT molecular complexity index is 333. The monoisotopic (exact) mass is 247 g/mol. The minimum absolute atomic E-state index is 0.533. The van der Waals surface area contributed by atoms with Crippen molar-refractivity contribution in [1.82, 2.24) is 0 Å². The normalized spacial score (nSPS) is 9.87. The van der Waals surface area contributed by atoms with Gasteiger partial charge in [0.25, 0.3) is 0 Å². The van der Waals surface area contributed by atoms with E-state index in [2.05, 4.69) is 17.9 Å². The minimum atomic E-state index is 0.533. The fourth-order valence-corrected chi connectivity index (χ4v) is 1.53. The topological polar surface area (TPSA) is 30.5 Å². The molecule has 0 spiro atoms. The Kier molecular flexibility index (Phi) is 4.91. The van der Waals surface area contributed by atoms with Crippen molar-refractivity contribution in [3.63, 3.8) is 0 Å². The molecule has 1 N–H and O–H groups in total. The van der Waals surface area contributed by atoms with E-state index in [4.69, 9.17) is 21.1 Å². The average Bonchev–Trinajstić information content (AvgIpc) is 2.26. The molecule has 0 fully saturated rings. The molecule has 0 aromatic heterocycles. The summed E-state index contributed by atoms with van der Waals surface area (Å²) in [6, 6.07) is 3.53. The number of nitrogens with one attached hydrogen (secondary N) is 1. The van der Waals surface area contributed by atoms with Crippen LogP contribution < -0.4 is 14.8 Å². The Morgan fingerprint density at radius 2 is 1.93 bits per heavy atom. The second-order valence-electron chi connectivity index (χ2n) is 2.84. The molecule has 1 aromatic rings. The van der Waals surface area contributed by atoms with Crippen molar-refractivity contribution >= 4 is 29.9 Å². The van der Waals surface area contributed by atoms with Crippen molar-refractivity contribution in [3.8, 4) is 11.5 Å². The van der Waals surface area contributed by atoms with Crippen molar-refractivity contribution in [2.75, 3.05) is 31.8 Å². The maximum absolute atomic E-state index is 5.97. The number of hydrogen-bond donors (Lipinski definition) is 2. The van der Waals surface area contributed by atoms with E-state index in [0.29, 0.717) is 16.5 Å². The molecule has 0 aliphatic heterocycles. The second-order valence-corrected chi connectivity index (χ2v) is 3.69. The van der Waals surface area contributed by atoms with Gasteiger partial charge in [0.05, 0.1) is 24.9 Å². The summed E-state index contributed by atoms with van der Waals surface area (Å²) in [5, 5.41) is 3.71. The Labute approximate surface area is 100 Å². The van der Waals surface area contributed by atoms with E-state index < -0.39 is 0 Å². The molecule has 0 saturated carbocycles. The molecule has 1 rings (SSSR count). The standard InChI is InChI=1S/C10H14ClNO2S/c1-13-9-6-8(12-3-4-15)10(14-2)5-7(9)11/h5-6,12,15H,3-4H2,1-2H3. The molecule has 0 saturated heterocycles. The van der Waals surface area contributed by atoms with Crippen LogP contribution in [0.25, 0.3) is 0 Å². The first-order chi connectivity index (χ1) is 7.22. The first-order valence-electron chi connectivity index (χ1n) is 4.49. The van der Waals surface area contributed by atoms with E-state index in [9.17, 15) is 0 Å². The maximum Gasteiger partial charge on any atom is 0.143 e. The van der Waals surface area contributed by atoms with Gasteiger partial charge in [0.1, 0.15) is 11.5 Å². The molecule has 0 unspecified atom stereocenters. The molecule has 0 atom stereocenters. The van der Waals surface area contributed by atoms with Gasteiger partial charge in [-0.25, -0.2) is 0 Å². The largest absolute Gasteiger partial charge is 0.495 e. The highest BCUT2D eigenvalue weighted by Crippen LogP contribution is 2.35. The van der Waals surface area contributed by atoms with Crippen LogP contribution in [-0.4, -0.2) is 26.5 Å². The maximum atomic E-state index is 5.97. The van der Waals surface area contributed by atoms with Gasteiger partial charge in [-0.3, -0.25) is 0 Å². The first kappa shape index (κ1) is 12.3. The molecule has 0 bridgehead atoms. The zero-order valence-corrected chi connectivity index (χ0v) is 10.4. The van der Waals surface area contributed by atoms with Gasteiger partial charge >= 0.3 is 0 Å². The van der Waals surface area contributed by atoms with Crippen molar-refractivity contribution in [2.45, 2.75) is 0 Å². The summed E-state index contributed by atoms with van der Waals surface area (Å²) >= 11 is 10.1. The van der Waals surface area contributed by atoms with Gasteiger partial charge in [-0.1, -0.05) is 11.6 Å². The third-order valence-electron chi connectivity index (χ3n) is 1.90. The summed E-state index contributed by atoms with van der Waals surface area (Å²) in [5.74, 6) is 2.07. The fraction of sp³-hybridized carbons (Fsp3) is 0.400. The van der Waals surface area contributed by atoms with Gasteiger partial charge in [0, 0.05) is 24.4 Å². The molecule has 15 heavy (non-hydrogen) atoms. The van der Waals surface area contributed by atoms with Crippen LogP contribution in [0.15, 0.2) is 12.1 Å². The van der Waals surface area contributed by atoms with Crippen LogP contribution in [0.4, 0.5) is 5.69 Å². The number of halogens is 1. The molecule has 5 heteroatoms. The van der Waals surface area contributed by atoms with E-state index in [1.165, 1.54) is 0 Å². The SMILES string of the molecule is COc1cc(NCCS)c(OC)cc1Cl. The Morgan fingerprint density at radius 3 is 2.47 bits per heavy atom. The first-order valence-corrected chi connectivity index (χ1v) is 5.50. The molecule has 0 heterocycles. The van der Waals surface area contributed by atoms with E-state index in [-0.39, 0.29) is 0 Å². The number of ether oxygens (including phenoxy) is 2. The lowest BCUT2D eigenvalue weighted by atomic mass is 10.2. The summed E-state index contributed by atoms with van der Waals surface area (Å²) in [6.07, 6.45) is 0. The molecule has 0 aliphatic carbocycles. The molecule has 0 aliphatic rings. The molecule has 1 aromatic carbocycles. The van der Waals surface area contributed by atoms with E-state index in [0.717, 1.165) is 18.0 Å². The summed E-state index contributed by atoms with van der Waals surface area (Å²) in [4.78, 5) is 0. The van der Waals surface area contributed by atoms with Crippen LogP contribution in [0.1, 0.15) is 0 Å². The van der Waals surface area contributed by atoms with Gasteiger partial charge < -0.3 is 14.8 Å². The van der Waals surface area contributed by atoms with E-state index in [1.54, 1.807) is 20.3 Å². The summed E-state index contributed by atoms with van der Waals surface area (Å²) in [7, 11) is 3.18. The number of benzene rings is 1. The van der Waals surface area contributed by atoms with Gasteiger partial charge in [-0.2, -0.15) is 12.6 Å². The van der Waals surface area contributed by atoms with Crippen LogP contribution in [0.2, 0.25) is 5.02 Å². The van der Waals surface area contributed by atoms with Gasteiger partial charge in [-0.05, 0) is 0 Å². The lowest BCUT2D eigenvalue weighted by Crippen LogP contribution is -2.04. The van der Waals surface area contributed by atoms with Crippen molar-refractivity contribution in [1.29, 1.82) is 0 Å².